The van der Waals surface area contributed by atoms with E-state index in [1.807, 2.05) is 6.20 Å². The van der Waals surface area contributed by atoms with E-state index in [0.717, 1.165) is 31.5 Å². The lowest BCUT2D eigenvalue weighted by Crippen LogP contribution is -2.34. The highest BCUT2D eigenvalue weighted by Crippen LogP contribution is 2.39. The van der Waals surface area contributed by atoms with Gasteiger partial charge in [-0.05, 0) is 31.2 Å². The zero-order chi connectivity index (χ0) is 14.9. The summed E-state index contributed by atoms with van der Waals surface area (Å²) in [5, 5.41) is 10.3. The van der Waals surface area contributed by atoms with Gasteiger partial charge in [-0.1, -0.05) is 20.8 Å². The molecule has 6 nitrogen and oxygen atoms in total. The van der Waals surface area contributed by atoms with Crippen LogP contribution in [0.1, 0.15) is 50.9 Å². The van der Waals surface area contributed by atoms with Crippen LogP contribution >= 0.6 is 0 Å². The maximum Gasteiger partial charge on any atom is 0.197 e. The molecule has 21 heavy (non-hydrogen) atoms. The predicted octanol–water partition coefficient (Wildman–Crippen LogP) is 2.27. The molecule has 2 aromatic heterocycles. The zero-order valence-corrected chi connectivity index (χ0v) is 12.8. The molecule has 2 aromatic rings. The summed E-state index contributed by atoms with van der Waals surface area (Å²) in [6.07, 6.45) is 6.64. The molecule has 112 valence electrons. The molecule has 1 atom stereocenters. The normalized spacial score (nSPS) is 20.2. The first-order valence-electron chi connectivity index (χ1n) is 7.54. The van der Waals surface area contributed by atoms with Crippen LogP contribution in [0.3, 0.4) is 0 Å². The van der Waals surface area contributed by atoms with Crippen molar-refractivity contribution in [3.8, 4) is 11.6 Å². The van der Waals surface area contributed by atoms with Gasteiger partial charge in [-0.3, -0.25) is 5.10 Å². The fraction of sp³-hybridized carbons (Fsp3) is 0.600. The predicted molar refractivity (Wildman–Crippen MR) is 80.5 cm³/mol. The van der Waals surface area contributed by atoms with Gasteiger partial charge in [0.1, 0.15) is 6.33 Å². The van der Waals surface area contributed by atoms with Crippen molar-refractivity contribution in [2.24, 2.45) is 5.41 Å². The third kappa shape index (κ3) is 2.95. The fourth-order valence-electron chi connectivity index (χ4n) is 2.98. The molecule has 2 heterocycles. The maximum absolute atomic E-state index is 4.72. The zero-order valence-electron chi connectivity index (χ0n) is 12.8. The number of nitrogens with one attached hydrogen (secondary N) is 2. The third-order valence-corrected chi connectivity index (χ3v) is 3.95. The van der Waals surface area contributed by atoms with Crippen molar-refractivity contribution in [1.82, 2.24) is 30.5 Å². The summed E-state index contributed by atoms with van der Waals surface area (Å²) in [7, 11) is 0. The smallest absolute Gasteiger partial charge is 0.197 e. The van der Waals surface area contributed by atoms with Crippen molar-refractivity contribution in [3.05, 3.63) is 23.8 Å². The fourth-order valence-corrected chi connectivity index (χ4v) is 2.98. The van der Waals surface area contributed by atoms with E-state index in [-0.39, 0.29) is 5.41 Å². The highest BCUT2D eigenvalue weighted by molar-refractivity contribution is 5.43. The Morgan fingerprint density at radius 2 is 2.24 bits per heavy atom. The second kappa shape index (κ2) is 5.52. The van der Waals surface area contributed by atoms with Crippen molar-refractivity contribution in [1.29, 1.82) is 0 Å². The molecule has 6 heteroatoms. The lowest BCUT2D eigenvalue weighted by Gasteiger charge is -2.36. The lowest BCUT2D eigenvalue weighted by molar-refractivity contribution is 0.254. The number of fused-ring (bicyclic) bond motifs is 1. The minimum atomic E-state index is 0.242. The summed E-state index contributed by atoms with van der Waals surface area (Å²) >= 11 is 0. The van der Waals surface area contributed by atoms with Gasteiger partial charge in [-0.15, -0.1) is 0 Å². The monoisotopic (exact) mass is 286 g/mol. The lowest BCUT2D eigenvalue weighted by atomic mass is 9.74. The van der Waals surface area contributed by atoms with Crippen LogP contribution in [0.15, 0.2) is 12.5 Å². The van der Waals surface area contributed by atoms with Gasteiger partial charge in [0, 0.05) is 23.5 Å². The van der Waals surface area contributed by atoms with E-state index in [4.69, 9.17) is 4.98 Å². The van der Waals surface area contributed by atoms with Crippen LogP contribution in [0.4, 0.5) is 0 Å². The standard InChI is InChI=1S/C15H22N6/c1-4-5-16-11-6-15(2,3)7-12-10(11)8-17-13(20-12)14-18-9-19-21-14/h8-9,11,16H,4-7H2,1-3H3,(H,18,19,21). The summed E-state index contributed by atoms with van der Waals surface area (Å²) in [6.45, 7) is 7.80. The number of aromatic nitrogens is 5. The van der Waals surface area contributed by atoms with E-state index in [1.54, 1.807) is 0 Å². The molecule has 0 aliphatic heterocycles. The first kappa shape index (κ1) is 14.1. The molecule has 1 aliphatic rings. The van der Waals surface area contributed by atoms with Gasteiger partial charge >= 0.3 is 0 Å². The molecule has 1 unspecified atom stereocenters. The minimum Gasteiger partial charge on any atom is -0.310 e. The number of aromatic amines is 1. The van der Waals surface area contributed by atoms with Gasteiger partial charge in [0.15, 0.2) is 11.6 Å². The second-order valence-corrected chi connectivity index (χ2v) is 6.48. The van der Waals surface area contributed by atoms with Crippen molar-refractivity contribution in [3.63, 3.8) is 0 Å². The Bertz CT molecular complexity index is 605. The SMILES string of the molecule is CCCNC1CC(C)(C)Cc2nc(-c3ncn[nH]3)ncc21. The van der Waals surface area contributed by atoms with Crippen LogP contribution in [-0.2, 0) is 6.42 Å². The van der Waals surface area contributed by atoms with E-state index in [0.29, 0.717) is 17.7 Å². The van der Waals surface area contributed by atoms with Gasteiger partial charge in [0.05, 0.1) is 0 Å². The first-order valence-corrected chi connectivity index (χ1v) is 7.54. The molecule has 0 amide bonds. The summed E-state index contributed by atoms with van der Waals surface area (Å²) in [5.74, 6) is 1.25. The van der Waals surface area contributed by atoms with Crippen molar-refractivity contribution in [2.75, 3.05) is 6.54 Å². The second-order valence-electron chi connectivity index (χ2n) is 6.48. The molecule has 2 N–H and O–H groups in total. The average molecular weight is 286 g/mol. The number of nitrogens with zero attached hydrogens (tertiary/aromatic N) is 4. The van der Waals surface area contributed by atoms with Crippen LogP contribution in [0.2, 0.25) is 0 Å². The van der Waals surface area contributed by atoms with E-state index in [2.05, 4.69) is 46.3 Å². The third-order valence-electron chi connectivity index (χ3n) is 3.95. The average Bonchev–Trinajstić information content (AvgIpc) is 2.97. The van der Waals surface area contributed by atoms with E-state index in [9.17, 15) is 0 Å². The molecule has 0 aromatic carbocycles. The van der Waals surface area contributed by atoms with Gasteiger partial charge < -0.3 is 5.32 Å². The van der Waals surface area contributed by atoms with Crippen LogP contribution in [0.25, 0.3) is 11.6 Å². The molecular weight excluding hydrogens is 264 g/mol. The summed E-state index contributed by atoms with van der Waals surface area (Å²) in [5.41, 5.74) is 2.60. The maximum atomic E-state index is 4.72. The summed E-state index contributed by atoms with van der Waals surface area (Å²) in [4.78, 5) is 13.3. The van der Waals surface area contributed by atoms with Crippen molar-refractivity contribution < 1.29 is 0 Å². The number of rotatable bonds is 4. The van der Waals surface area contributed by atoms with Crippen LogP contribution < -0.4 is 5.32 Å². The van der Waals surface area contributed by atoms with E-state index < -0.39 is 0 Å². The van der Waals surface area contributed by atoms with Crippen LogP contribution in [-0.4, -0.2) is 31.7 Å². The van der Waals surface area contributed by atoms with Crippen LogP contribution in [0, 0.1) is 5.41 Å². The molecule has 0 saturated heterocycles. The largest absolute Gasteiger partial charge is 0.310 e. The minimum absolute atomic E-state index is 0.242. The van der Waals surface area contributed by atoms with Crippen molar-refractivity contribution >= 4 is 0 Å². The number of H-pyrrole nitrogens is 1. The Morgan fingerprint density at radius 3 is 2.95 bits per heavy atom. The quantitative estimate of drug-likeness (QED) is 0.901. The molecule has 0 bridgehead atoms. The number of hydrogen-bond donors (Lipinski definition) is 2. The Kier molecular flexibility index (Phi) is 3.71. The first-order chi connectivity index (χ1) is 10.1. The highest BCUT2D eigenvalue weighted by Gasteiger charge is 2.33. The molecule has 0 spiro atoms. The molecule has 0 fully saturated rings. The van der Waals surface area contributed by atoms with Gasteiger partial charge in [-0.2, -0.15) is 5.10 Å². The topological polar surface area (TPSA) is 79.4 Å². The number of hydrogen-bond acceptors (Lipinski definition) is 5. The Labute approximate surface area is 124 Å². The molecule has 1 aliphatic carbocycles. The highest BCUT2D eigenvalue weighted by atomic mass is 15.2. The van der Waals surface area contributed by atoms with E-state index in [1.165, 1.54) is 11.9 Å². The van der Waals surface area contributed by atoms with Crippen LogP contribution in [0.5, 0.6) is 0 Å². The molecule has 0 radical (unpaired) electrons. The Hall–Kier alpha value is -1.82. The van der Waals surface area contributed by atoms with E-state index >= 15 is 0 Å². The molecule has 3 rings (SSSR count). The molecule has 0 saturated carbocycles. The van der Waals surface area contributed by atoms with Gasteiger partial charge in [0.2, 0.25) is 0 Å². The van der Waals surface area contributed by atoms with Gasteiger partial charge in [0.25, 0.3) is 0 Å². The van der Waals surface area contributed by atoms with Crippen molar-refractivity contribution in [2.45, 2.75) is 46.1 Å². The summed E-state index contributed by atoms with van der Waals surface area (Å²) in [6, 6.07) is 0.340. The summed E-state index contributed by atoms with van der Waals surface area (Å²) < 4.78 is 0. The Morgan fingerprint density at radius 1 is 1.38 bits per heavy atom. The van der Waals surface area contributed by atoms with Gasteiger partial charge in [-0.25, -0.2) is 15.0 Å². The Balaban J connectivity index is 1.96. The molecular formula is C15H22N6.